The molecule has 1 rings (SSSR count). The fourth-order valence-electron chi connectivity index (χ4n) is 1.93. The smallest absolute Gasteiger partial charge is 0.0431 e. The number of nitrogens with one attached hydrogen (secondary N) is 1. The van der Waals surface area contributed by atoms with Crippen LogP contribution in [-0.4, -0.2) is 37.1 Å². The second-order valence-electron chi connectivity index (χ2n) is 4.13. The van der Waals surface area contributed by atoms with Crippen LogP contribution in [0.2, 0.25) is 0 Å². The van der Waals surface area contributed by atoms with Gasteiger partial charge in [0, 0.05) is 29.7 Å². The van der Waals surface area contributed by atoms with E-state index in [4.69, 9.17) is 23.2 Å². The van der Waals surface area contributed by atoms with Crippen LogP contribution < -0.4 is 5.32 Å². The Morgan fingerprint density at radius 1 is 1.40 bits per heavy atom. The van der Waals surface area contributed by atoms with Gasteiger partial charge in [0.1, 0.15) is 0 Å². The van der Waals surface area contributed by atoms with Crippen molar-refractivity contribution in [2.75, 3.05) is 26.2 Å². The first-order chi connectivity index (χ1) is 7.24. The van der Waals surface area contributed by atoms with Crippen LogP contribution in [0.15, 0.2) is 10.6 Å². The van der Waals surface area contributed by atoms with Gasteiger partial charge in [0.05, 0.1) is 0 Å². The van der Waals surface area contributed by atoms with E-state index in [2.05, 4.69) is 17.1 Å². The number of hydrogen-bond acceptors (Lipinski definition) is 2. The fraction of sp³-hybridized carbons (Fsp3) is 0.818. The van der Waals surface area contributed by atoms with E-state index in [-0.39, 0.29) is 0 Å². The lowest BCUT2D eigenvalue weighted by molar-refractivity contribution is 0.172. The molecule has 0 aromatic rings. The highest BCUT2D eigenvalue weighted by atomic mass is 35.5. The molecule has 0 aromatic carbocycles. The van der Waals surface area contributed by atoms with E-state index in [1.165, 1.54) is 37.9 Å². The third-order valence-corrected chi connectivity index (χ3v) is 3.48. The first-order valence-corrected chi connectivity index (χ1v) is 6.45. The molecule has 1 heterocycles. The van der Waals surface area contributed by atoms with E-state index >= 15 is 0 Å². The van der Waals surface area contributed by atoms with Crippen LogP contribution in [-0.2, 0) is 0 Å². The molecule has 0 saturated carbocycles. The predicted octanol–water partition coefficient (Wildman–Crippen LogP) is 2.77. The van der Waals surface area contributed by atoms with Gasteiger partial charge in [0.15, 0.2) is 0 Å². The molecular weight excluding hydrogens is 231 g/mol. The minimum absolute atomic E-state index is 0.588. The van der Waals surface area contributed by atoms with Crippen LogP contribution >= 0.6 is 23.2 Å². The largest absolute Gasteiger partial charge is 0.310 e. The van der Waals surface area contributed by atoms with Crippen molar-refractivity contribution in [3.05, 3.63) is 10.6 Å². The Morgan fingerprint density at radius 2 is 2.07 bits per heavy atom. The van der Waals surface area contributed by atoms with Gasteiger partial charge in [0.25, 0.3) is 0 Å². The zero-order valence-corrected chi connectivity index (χ0v) is 10.8. The Hall–Kier alpha value is 0.240. The van der Waals surface area contributed by atoms with Crippen LogP contribution in [0.3, 0.4) is 0 Å². The molecule has 0 amide bonds. The third-order valence-electron chi connectivity index (χ3n) is 2.87. The number of likely N-dealkylation sites (tertiary alicyclic amines) is 1. The molecule has 88 valence electrons. The van der Waals surface area contributed by atoms with E-state index < -0.39 is 0 Å². The summed E-state index contributed by atoms with van der Waals surface area (Å²) in [5, 5.41) is 3.98. The average Bonchev–Trinajstić information content (AvgIpc) is 2.29. The number of piperidine rings is 1. The Kier molecular flexibility index (Phi) is 6.66. The zero-order valence-electron chi connectivity index (χ0n) is 9.31. The molecule has 1 unspecified atom stereocenters. The van der Waals surface area contributed by atoms with Gasteiger partial charge in [-0.05, 0) is 32.9 Å². The van der Waals surface area contributed by atoms with Crippen molar-refractivity contribution in [3.8, 4) is 0 Å². The van der Waals surface area contributed by atoms with Gasteiger partial charge in [-0.15, -0.1) is 0 Å². The van der Waals surface area contributed by atoms with Gasteiger partial charge in [-0.25, -0.2) is 0 Å². The number of halogens is 2. The summed E-state index contributed by atoms with van der Waals surface area (Å²) in [4.78, 5) is 2.54. The lowest BCUT2D eigenvalue weighted by Crippen LogP contribution is -2.43. The molecule has 0 aromatic heterocycles. The molecule has 1 saturated heterocycles. The Labute approximate surface area is 103 Å². The SMILES string of the molecule is CC(CNCC(Cl)=CCl)N1CCCCC1. The van der Waals surface area contributed by atoms with Crippen molar-refractivity contribution in [3.63, 3.8) is 0 Å². The van der Waals surface area contributed by atoms with E-state index in [0.29, 0.717) is 17.6 Å². The average molecular weight is 251 g/mol. The molecule has 0 radical (unpaired) electrons. The van der Waals surface area contributed by atoms with Crippen molar-refractivity contribution in [2.24, 2.45) is 0 Å². The van der Waals surface area contributed by atoms with Crippen LogP contribution in [0.1, 0.15) is 26.2 Å². The van der Waals surface area contributed by atoms with Crippen molar-refractivity contribution in [1.82, 2.24) is 10.2 Å². The quantitative estimate of drug-likeness (QED) is 0.808. The molecule has 0 aliphatic carbocycles. The standard InChI is InChI=1S/C11H20Cl2N2/c1-10(8-14-9-11(13)7-12)15-5-3-2-4-6-15/h7,10,14H,2-6,8-9H2,1H3. The molecule has 1 fully saturated rings. The summed E-state index contributed by atoms with van der Waals surface area (Å²) in [6.07, 6.45) is 4.07. The minimum atomic E-state index is 0.588. The third kappa shape index (κ3) is 5.21. The molecular formula is C11H20Cl2N2. The second-order valence-corrected chi connectivity index (χ2v) is 4.84. The zero-order chi connectivity index (χ0) is 11.1. The predicted molar refractivity (Wildman–Crippen MR) is 67.5 cm³/mol. The number of hydrogen-bond donors (Lipinski definition) is 1. The summed E-state index contributed by atoms with van der Waals surface area (Å²) < 4.78 is 0. The summed E-state index contributed by atoms with van der Waals surface area (Å²) in [6, 6.07) is 0.588. The van der Waals surface area contributed by atoms with Crippen LogP contribution in [0.25, 0.3) is 0 Å². The minimum Gasteiger partial charge on any atom is -0.310 e. The summed E-state index contributed by atoms with van der Waals surface area (Å²) in [6.45, 7) is 6.38. The van der Waals surface area contributed by atoms with Gasteiger partial charge >= 0.3 is 0 Å². The number of rotatable bonds is 5. The van der Waals surface area contributed by atoms with E-state index in [1.807, 2.05) is 0 Å². The maximum Gasteiger partial charge on any atom is 0.0431 e. The maximum atomic E-state index is 5.79. The van der Waals surface area contributed by atoms with Crippen LogP contribution in [0.4, 0.5) is 0 Å². The lowest BCUT2D eigenvalue weighted by atomic mass is 10.1. The number of nitrogens with zero attached hydrogens (tertiary/aromatic N) is 1. The highest BCUT2D eigenvalue weighted by Crippen LogP contribution is 2.11. The Bertz CT molecular complexity index is 201. The molecule has 1 aliphatic rings. The van der Waals surface area contributed by atoms with Crippen molar-refractivity contribution in [1.29, 1.82) is 0 Å². The molecule has 15 heavy (non-hydrogen) atoms. The monoisotopic (exact) mass is 250 g/mol. The highest BCUT2D eigenvalue weighted by Gasteiger charge is 2.15. The fourth-order valence-corrected chi connectivity index (χ4v) is 2.10. The molecule has 1 aliphatic heterocycles. The summed E-state index contributed by atoms with van der Waals surface area (Å²) in [7, 11) is 0. The van der Waals surface area contributed by atoms with Gasteiger partial charge in [-0.1, -0.05) is 29.6 Å². The molecule has 4 heteroatoms. The topological polar surface area (TPSA) is 15.3 Å². The van der Waals surface area contributed by atoms with Crippen LogP contribution in [0, 0.1) is 0 Å². The first kappa shape index (κ1) is 13.3. The Morgan fingerprint density at radius 3 is 2.67 bits per heavy atom. The van der Waals surface area contributed by atoms with Crippen molar-refractivity contribution >= 4 is 23.2 Å². The second kappa shape index (κ2) is 7.50. The first-order valence-electron chi connectivity index (χ1n) is 5.63. The maximum absolute atomic E-state index is 5.79. The summed E-state index contributed by atoms with van der Waals surface area (Å²) in [5.41, 5.74) is 1.42. The molecule has 2 nitrogen and oxygen atoms in total. The molecule has 1 N–H and O–H groups in total. The molecule has 0 bridgehead atoms. The van der Waals surface area contributed by atoms with Gasteiger partial charge in [0.2, 0.25) is 0 Å². The van der Waals surface area contributed by atoms with Crippen molar-refractivity contribution < 1.29 is 0 Å². The van der Waals surface area contributed by atoms with E-state index in [9.17, 15) is 0 Å². The molecule has 0 spiro atoms. The molecule has 1 atom stereocenters. The van der Waals surface area contributed by atoms with Gasteiger partial charge in [-0.2, -0.15) is 0 Å². The van der Waals surface area contributed by atoms with Gasteiger partial charge in [-0.3, -0.25) is 4.90 Å². The van der Waals surface area contributed by atoms with Crippen LogP contribution in [0.5, 0.6) is 0 Å². The summed E-state index contributed by atoms with van der Waals surface area (Å²) >= 11 is 11.3. The normalized spacial score (nSPS) is 21.7. The summed E-state index contributed by atoms with van der Waals surface area (Å²) in [5.74, 6) is 0. The highest BCUT2D eigenvalue weighted by molar-refractivity contribution is 6.36. The Balaban J connectivity index is 2.14. The van der Waals surface area contributed by atoms with E-state index in [0.717, 1.165) is 6.54 Å². The van der Waals surface area contributed by atoms with E-state index in [1.54, 1.807) is 0 Å². The van der Waals surface area contributed by atoms with Crippen molar-refractivity contribution in [2.45, 2.75) is 32.2 Å². The lowest BCUT2D eigenvalue weighted by Gasteiger charge is -2.32. The van der Waals surface area contributed by atoms with Gasteiger partial charge < -0.3 is 5.32 Å².